The lowest BCUT2D eigenvalue weighted by Gasteiger charge is -2.33. The van der Waals surface area contributed by atoms with Gasteiger partial charge in [-0.1, -0.05) is 12.1 Å². The van der Waals surface area contributed by atoms with Crippen molar-refractivity contribution in [1.29, 1.82) is 0 Å². The van der Waals surface area contributed by atoms with Crippen LogP contribution in [0.1, 0.15) is 31.2 Å². The second kappa shape index (κ2) is 4.56. The normalized spacial score (nSPS) is 23.6. The van der Waals surface area contributed by atoms with Crippen LogP contribution in [0.25, 0.3) is 0 Å². The average Bonchev–Trinajstić information content (AvgIpc) is 2.19. The topological polar surface area (TPSA) is 46.5 Å². The number of rotatable bonds is 3. The third-order valence-corrected chi connectivity index (χ3v) is 3.12. The summed E-state index contributed by atoms with van der Waals surface area (Å²) in [5.74, 6) is 0.719. The Kier molecular flexibility index (Phi) is 3.13. The van der Waals surface area contributed by atoms with Crippen molar-refractivity contribution in [3.63, 3.8) is 0 Å². The van der Waals surface area contributed by atoms with Gasteiger partial charge >= 0.3 is 5.97 Å². The lowest BCUT2D eigenvalue weighted by molar-refractivity contribution is -0.151. The van der Waals surface area contributed by atoms with Crippen molar-refractivity contribution >= 4 is 5.97 Å². The van der Waals surface area contributed by atoms with E-state index in [1.54, 1.807) is 12.1 Å². The van der Waals surface area contributed by atoms with Crippen LogP contribution in [0.3, 0.4) is 0 Å². The van der Waals surface area contributed by atoms with Crippen LogP contribution < -0.4 is 0 Å². The molecule has 1 fully saturated rings. The van der Waals surface area contributed by atoms with E-state index in [0.29, 0.717) is 12.5 Å². The predicted molar refractivity (Wildman–Crippen MR) is 60.2 cm³/mol. The standard InChI is InChI=1S/C13H16O3/c1-2-16-13(15)11-7-10(8-11)9-3-5-12(14)6-4-9/h3-6,10-11,14H,2,7-8H2,1H3/t10-,11+. The van der Waals surface area contributed by atoms with Gasteiger partial charge in [-0.25, -0.2) is 0 Å². The van der Waals surface area contributed by atoms with Gasteiger partial charge in [0.15, 0.2) is 0 Å². The number of phenolic OH excluding ortho intramolecular Hbond substituents is 1. The molecule has 1 N–H and O–H groups in total. The first kappa shape index (κ1) is 11.0. The van der Waals surface area contributed by atoms with E-state index < -0.39 is 0 Å². The molecule has 0 unspecified atom stereocenters. The largest absolute Gasteiger partial charge is 0.508 e. The second-order valence-corrected chi connectivity index (χ2v) is 4.21. The summed E-state index contributed by atoms with van der Waals surface area (Å²) < 4.78 is 4.97. The summed E-state index contributed by atoms with van der Waals surface area (Å²) >= 11 is 0. The number of aromatic hydroxyl groups is 1. The Balaban J connectivity index is 1.88. The molecule has 0 atom stereocenters. The Bertz CT molecular complexity index is 363. The van der Waals surface area contributed by atoms with E-state index in [2.05, 4.69) is 0 Å². The first-order valence-corrected chi connectivity index (χ1v) is 5.66. The molecule has 0 spiro atoms. The molecule has 16 heavy (non-hydrogen) atoms. The molecular formula is C13H16O3. The molecule has 0 saturated heterocycles. The summed E-state index contributed by atoms with van der Waals surface area (Å²) in [7, 11) is 0. The summed E-state index contributed by atoms with van der Waals surface area (Å²) in [6.07, 6.45) is 1.73. The molecule has 1 aromatic rings. The molecule has 0 radical (unpaired) electrons. The van der Waals surface area contributed by atoms with E-state index in [-0.39, 0.29) is 17.6 Å². The van der Waals surface area contributed by atoms with Crippen LogP contribution in [-0.4, -0.2) is 17.7 Å². The quantitative estimate of drug-likeness (QED) is 0.796. The van der Waals surface area contributed by atoms with Gasteiger partial charge in [-0.3, -0.25) is 4.79 Å². The van der Waals surface area contributed by atoms with E-state index in [1.807, 2.05) is 19.1 Å². The van der Waals surface area contributed by atoms with E-state index >= 15 is 0 Å². The fraction of sp³-hybridized carbons (Fsp3) is 0.462. The molecule has 1 aliphatic carbocycles. The van der Waals surface area contributed by atoms with Gasteiger partial charge in [0.05, 0.1) is 12.5 Å². The Labute approximate surface area is 95.0 Å². The predicted octanol–water partition coefficient (Wildman–Crippen LogP) is 2.45. The summed E-state index contributed by atoms with van der Waals surface area (Å²) in [4.78, 5) is 11.4. The maximum atomic E-state index is 11.4. The molecule has 0 bridgehead atoms. The van der Waals surface area contributed by atoms with Crippen molar-refractivity contribution in [3.05, 3.63) is 29.8 Å². The van der Waals surface area contributed by atoms with Crippen LogP contribution in [0.4, 0.5) is 0 Å². The van der Waals surface area contributed by atoms with Gasteiger partial charge in [0.2, 0.25) is 0 Å². The maximum Gasteiger partial charge on any atom is 0.308 e. The van der Waals surface area contributed by atoms with Crippen LogP contribution in [0.5, 0.6) is 5.75 Å². The van der Waals surface area contributed by atoms with Gasteiger partial charge in [0, 0.05) is 0 Å². The fourth-order valence-electron chi connectivity index (χ4n) is 2.09. The van der Waals surface area contributed by atoms with Crippen LogP contribution in [0, 0.1) is 5.92 Å². The Morgan fingerprint density at radius 3 is 2.56 bits per heavy atom. The van der Waals surface area contributed by atoms with Crippen LogP contribution in [0.15, 0.2) is 24.3 Å². The molecule has 0 amide bonds. The molecule has 0 aromatic heterocycles. The van der Waals surface area contributed by atoms with Gasteiger partial charge in [-0.05, 0) is 43.4 Å². The first-order chi connectivity index (χ1) is 7.70. The van der Waals surface area contributed by atoms with E-state index in [0.717, 1.165) is 12.8 Å². The molecule has 0 aliphatic heterocycles. The zero-order valence-electron chi connectivity index (χ0n) is 9.35. The van der Waals surface area contributed by atoms with Crippen molar-refractivity contribution in [2.75, 3.05) is 6.61 Å². The Hall–Kier alpha value is -1.51. The van der Waals surface area contributed by atoms with Crippen LogP contribution in [0.2, 0.25) is 0 Å². The molecule has 1 saturated carbocycles. The highest BCUT2D eigenvalue weighted by atomic mass is 16.5. The maximum absolute atomic E-state index is 11.4. The van der Waals surface area contributed by atoms with Gasteiger partial charge in [0.25, 0.3) is 0 Å². The SMILES string of the molecule is CCOC(=O)[C@H]1C[C@@H](c2ccc(O)cc2)C1. The first-order valence-electron chi connectivity index (χ1n) is 5.66. The molecule has 2 rings (SSSR count). The summed E-state index contributed by atoms with van der Waals surface area (Å²) in [5, 5.41) is 9.17. The number of carbonyl (C=O) groups excluding carboxylic acids is 1. The zero-order valence-corrected chi connectivity index (χ0v) is 9.35. The molecule has 3 nitrogen and oxygen atoms in total. The second-order valence-electron chi connectivity index (χ2n) is 4.21. The van der Waals surface area contributed by atoms with Gasteiger partial charge < -0.3 is 9.84 Å². The lowest BCUT2D eigenvalue weighted by Crippen LogP contribution is -2.30. The average molecular weight is 220 g/mol. The van der Waals surface area contributed by atoms with Crippen LogP contribution in [-0.2, 0) is 9.53 Å². The van der Waals surface area contributed by atoms with Crippen molar-refractivity contribution in [2.45, 2.75) is 25.7 Å². The highest BCUT2D eigenvalue weighted by molar-refractivity contribution is 5.73. The highest BCUT2D eigenvalue weighted by Gasteiger charge is 2.36. The molecule has 1 aliphatic rings. The summed E-state index contributed by atoms with van der Waals surface area (Å²) in [6.45, 7) is 2.28. The monoisotopic (exact) mass is 220 g/mol. The van der Waals surface area contributed by atoms with Crippen molar-refractivity contribution in [2.24, 2.45) is 5.92 Å². The molecule has 0 heterocycles. The molecule has 1 aromatic carbocycles. The minimum atomic E-state index is -0.0717. The number of ether oxygens (including phenoxy) is 1. The third-order valence-electron chi connectivity index (χ3n) is 3.12. The van der Waals surface area contributed by atoms with Crippen molar-refractivity contribution in [3.8, 4) is 5.75 Å². The minimum Gasteiger partial charge on any atom is -0.508 e. The number of carbonyl (C=O) groups is 1. The number of esters is 1. The minimum absolute atomic E-state index is 0.0683. The van der Waals surface area contributed by atoms with E-state index in [9.17, 15) is 4.79 Å². The summed E-state index contributed by atoms with van der Waals surface area (Å²) in [5.41, 5.74) is 1.19. The number of phenols is 1. The number of hydrogen-bond acceptors (Lipinski definition) is 3. The zero-order chi connectivity index (χ0) is 11.5. The van der Waals surface area contributed by atoms with Gasteiger partial charge in [-0.2, -0.15) is 0 Å². The third kappa shape index (κ3) is 2.18. The Morgan fingerprint density at radius 1 is 1.38 bits per heavy atom. The van der Waals surface area contributed by atoms with Crippen molar-refractivity contribution in [1.82, 2.24) is 0 Å². The molecule has 3 heteroatoms. The number of hydrogen-bond donors (Lipinski definition) is 1. The smallest absolute Gasteiger partial charge is 0.308 e. The van der Waals surface area contributed by atoms with Gasteiger partial charge in [0.1, 0.15) is 5.75 Å². The van der Waals surface area contributed by atoms with E-state index in [1.165, 1.54) is 5.56 Å². The molecule has 86 valence electrons. The fourth-order valence-corrected chi connectivity index (χ4v) is 2.09. The summed E-state index contributed by atoms with van der Waals surface area (Å²) in [6, 6.07) is 7.21. The highest BCUT2D eigenvalue weighted by Crippen LogP contribution is 2.42. The number of benzene rings is 1. The lowest BCUT2D eigenvalue weighted by atomic mass is 9.71. The van der Waals surface area contributed by atoms with Crippen LogP contribution >= 0.6 is 0 Å². The van der Waals surface area contributed by atoms with Crippen molar-refractivity contribution < 1.29 is 14.6 Å². The molecular weight excluding hydrogens is 204 g/mol. The van der Waals surface area contributed by atoms with E-state index in [4.69, 9.17) is 9.84 Å². The van der Waals surface area contributed by atoms with Gasteiger partial charge in [-0.15, -0.1) is 0 Å². The Morgan fingerprint density at radius 2 is 2.00 bits per heavy atom.